The van der Waals surface area contributed by atoms with Crippen LogP contribution in [0.2, 0.25) is 18.1 Å². The monoisotopic (exact) mass is 298 g/mol. The maximum absolute atomic E-state index is 11.3. The first-order valence-electron chi connectivity index (χ1n) is 7.52. The van der Waals surface area contributed by atoms with E-state index in [1.54, 1.807) is 6.08 Å². The number of ether oxygens (including phenoxy) is 1. The number of carbonyl (C=O) groups is 1. The SMILES string of the molecule is COC(=O)C=C1CC[C@@H](O[Si](C)(C)C(C)(C)C)[C@@H](C)C1. The van der Waals surface area contributed by atoms with Gasteiger partial charge < -0.3 is 9.16 Å². The third-order valence-electron chi connectivity index (χ3n) is 4.74. The first-order chi connectivity index (χ1) is 9.06. The molecule has 4 heteroatoms. The van der Waals surface area contributed by atoms with E-state index in [1.165, 1.54) is 12.7 Å². The molecule has 2 atom stereocenters. The van der Waals surface area contributed by atoms with E-state index in [1.807, 2.05) is 0 Å². The molecule has 1 saturated carbocycles. The number of esters is 1. The molecule has 0 bridgehead atoms. The van der Waals surface area contributed by atoms with E-state index in [2.05, 4.69) is 40.8 Å². The Morgan fingerprint density at radius 3 is 2.40 bits per heavy atom. The third kappa shape index (κ3) is 4.45. The lowest BCUT2D eigenvalue weighted by atomic mass is 9.84. The first kappa shape index (κ1) is 17.4. The van der Waals surface area contributed by atoms with Gasteiger partial charge in [0.15, 0.2) is 8.32 Å². The second-order valence-corrected chi connectivity index (χ2v) is 12.2. The standard InChI is InChI=1S/C16H30O3Si/c1-12-10-13(11-15(17)18-5)8-9-14(12)19-20(6,7)16(2,3)4/h11-12,14H,8-10H2,1-7H3/t12-,14+/m0/s1. The minimum Gasteiger partial charge on any atom is -0.466 e. The topological polar surface area (TPSA) is 35.5 Å². The zero-order chi connectivity index (χ0) is 15.6. The molecule has 0 aromatic heterocycles. The van der Waals surface area contributed by atoms with Crippen molar-refractivity contribution in [2.24, 2.45) is 5.92 Å². The third-order valence-corrected chi connectivity index (χ3v) is 9.25. The van der Waals surface area contributed by atoms with E-state index >= 15 is 0 Å². The van der Waals surface area contributed by atoms with Gasteiger partial charge in [-0.3, -0.25) is 0 Å². The molecule has 0 aromatic carbocycles. The Balaban J connectivity index is 2.66. The molecule has 20 heavy (non-hydrogen) atoms. The van der Waals surface area contributed by atoms with Crippen LogP contribution >= 0.6 is 0 Å². The van der Waals surface area contributed by atoms with Crippen LogP contribution in [-0.2, 0) is 14.0 Å². The first-order valence-corrected chi connectivity index (χ1v) is 10.4. The molecule has 1 aliphatic rings. The molecule has 0 unspecified atom stereocenters. The molecule has 0 radical (unpaired) electrons. The van der Waals surface area contributed by atoms with E-state index in [0.717, 1.165) is 19.3 Å². The number of hydrogen-bond acceptors (Lipinski definition) is 3. The lowest BCUT2D eigenvalue weighted by molar-refractivity contribution is -0.134. The molecule has 0 saturated heterocycles. The summed E-state index contributed by atoms with van der Waals surface area (Å²) in [6, 6.07) is 0. The van der Waals surface area contributed by atoms with Crippen molar-refractivity contribution in [2.45, 2.75) is 71.2 Å². The predicted octanol–water partition coefficient (Wildman–Crippen LogP) is 4.30. The fourth-order valence-electron chi connectivity index (χ4n) is 2.35. The summed E-state index contributed by atoms with van der Waals surface area (Å²) in [7, 11) is -0.280. The van der Waals surface area contributed by atoms with Crippen LogP contribution in [0.3, 0.4) is 0 Å². The molecule has 116 valence electrons. The summed E-state index contributed by atoms with van der Waals surface area (Å²) in [4.78, 5) is 11.3. The number of hydrogen-bond donors (Lipinski definition) is 0. The molecule has 3 nitrogen and oxygen atoms in total. The van der Waals surface area contributed by atoms with E-state index < -0.39 is 8.32 Å². The van der Waals surface area contributed by atoms with Crippen molar-refractivity contribution in [1.29, 1.82) is 0 Å². The molecule has 1 rings (SSSR count). The van der Waals surface area contributed by atoms with Crippen LogP contribution in [0, 0.1) is 5.92 Å². The minimum atomic E-state index is -1.71. The second kappa shape index (κ2) is 6.44. The molecule has 1 aliphatic carbocycles. The molecular weight excluding hydrogens is 268 g/mol. The zero-order valence-electron chi connectivity index (χ0n) is 14.1. The van der Waals surface area contributed by atoms with Gasteiger partial charge in [-0.25, -0.2) is 4.79 Å². The van der Waals surface area contributed by atoms with Crippen LogP contribution in [0.5, 0.6) is 0 Å². The fourth-order valence-corrected chi connectivity index (χ4v) is 3.81. The molecule has 0 aliphatic heterocycles. The van der Waals surface area contributed by atoms with E-state index in [0.29, 0.717) is 12.0 Å². The van der Waals surface area contributed by atoms with Crippen molar-refractivity contribution in [2.75, 3.05) is 7.11 Å². The van der Waals surface area contributed by atoms with Crippen molar-refractivity contribution >= 4 is 14.3 Å². The summed E-state index contributed by atoms with van der Waals surface area (Å²) in [5.41, 5.74) is 1.19. The van der Waals surface area contributed by atoms with Gasteiger partial charge in [0, 0.05) is 12.2 Å². The van der Waals surface area contributed by atoms with Crippen molar-refractivity contribution in [1.82, 2.24) is 0 Å². The summed E-state index contributed by atoms with van der Waals surface area (Å²) >= 11 is 0. The summed E-state index contributed by atoms with van der Waals surface area (Å²) in [6.45, 7) is 13.7. The lowest BCUT2D eigenvalue weighted by Crippen LogP contribution is -2.46. The zero-order valence-corrected chi connectivity index (χ0v) is 15.1. The second-order valence-electron chi connectivity index (χ2n) is 7.46. The van der Waals surface area contributed by atoms with Crippen LogP contribution in [0.4, 0.5) is 0 Å². The Morgan fingerprint density at radius 1 is 1.35 bits per heavy atom. The highest BCUT2D eigenvalue weighted by molar-refractivity contribution is 6.74. The Labute approximate surface area is 124 Å². The maximum Gasteiger partial charge on any atom is 0.330 e. The lowest BCUT2D eigenvalue weighted by Gasteiger charge is -2.42. The van der Waals surface area contributed by atoms with Gasteiger partial charge in [0.05, 0.1) is 7.11 Å². The molecular formula is C16H30O3Si. The van der Waals surface area contributed by atoms with E-state index in [9.17, 15) is 4.79 Å². The average molecular weight is 298 g/mol. The van der Waals surface area contributed by atoms with Crippen molar-refractivity contribution < 1.29 is 14.0 Å². The largest absolute Gasteiger partial charge is 0.466 e. The molecule has 1 fully saturated rings. The van der Waals surface area contributed by atoms with Gasteiger partial charge in [-0.15, -0.1) is 0 Å². The van der Waals surface area contributed by atoms with Gasteiger partial charge in [-0.05, 0) is 43.3 Å². The Kier molecular flexibility index (Phi) is 5.61. The van der Waals surface area contributed by atoms with Gasteiger partial charge >= 0.3 is 5.97 Å². The van der Waals surface area contributed by atoms with Crippen molar-refractivity contribution in [3.8, 4) is 0 Å². The van der Waals surface area contributed by atoms with Crippen molar-refractivity contribution in [3.63, 3.8) is 0 Å². The van der Waals surface area contributed by atoms with Crippen LogP contribution in [0.25, 0.3) is 0 Å². The van der Waals surface area contributed by atoms with Crippen molar-refractivity contribution in [3.05, 3.63) is 11.6 Å². The van der Waals surface area contributed by atoms with Crippen LogP contribution < -0.4 is 0 Å². The average Bonchev–Trinajstić information content (AvgIpc) is 2.31. The molecule has 0 aromatic rings. The molecule has 0 amide bonds. The summed E-state index contributed by atoms with van der Waals surface area (Å²) in [5.74, 6) is 0.227. The summed E-state index contributed by atoms with van der Waals surface area (Å²) in [5, 5.41) is 0.245. The van der Waals surface area contributed by atoms with Crippen LogP contribution in [-0.4, -0.2) is 27.5 Å². The predicted molar refractivity (Wildman–Crippen MR) is 85.2 cm³/mol. The van der Waals surface area contributed by atoms with E-state index in [-0.39, 0.29) is 11.0 Å². The Morgan fingerprint density at radius 2 is 1.95 bits per heavy atom. The Hall–Kier alpha value is -0.613. The summed E-state index contributed by atoms with van der Waals surface area (Å²) < 4.78 is 11.2. The number of methoxy groups -OCH3 is 1. The van der Waals surface area contributed by atoms with Gasteiger partial charge in [0.2, 0.25) is 0 Å². The van der Waals surface area contributed by atoms with Crippen LogP contribution in [0.15, 0.2) is 11.6 Å². The fraction of sp³-hybridized carbons (Fsp3) is 0.812. The molecule has 0 spiro atoms. The van der Waals surface area contributed by atoms with Gasteiger partial charge in [-0.1, -0.05) is 33.3 Å². The number of carbonyl (C=O) groups excluding carboxylic acids is 1. The highest BCUT2D eigenvalue weighted by atomic mass is 28.4. The minimum absolute atomic E-state index is 0.240. The quantitative estimate of drug-likeness (QED) is 0.443. The highest BCUT2D eigenvalue weighted by Gasteiger charge is 2.40. The molecule has 0 heterocycles. The van der Waals surface area contributed by atoms with Gasteiger partial charge in [0.1, 0.15) is 0 Å². The molecule has 0 N–H and O–H groups in total. The smallest absolute Gasteiger partial charge is 0.330 e. The normalized spacial score (nSPS) is 26.6. The Bertz CT molecular complexity index is 380. The maximum atomic E-state index is 11.3. The van der Waals surface area contributed by atoms with E-state index in [4.69, 9.17) is 9.16 Å². The number of allylic oxidation sites excluding steroid dienone is 1. The summed E-state index contributed by atoms with van der Waals surface area (Å²) in [6.07, 6.45) is 4.87. The van der Waals surface area contributed by atoms with Crippen LogP contribution in [0.1, 0.15) is 47.0 Å². The number of rotatable bonds is 3. The highest BCUT2D eigenvalue weighted by Crippen LogP contribution is 2.40. The van der Waals surface area contributed by atoms with Gasteiger partial charge in [-0.2, -0.15) is 0 Å². The van der Waals surface area contributed by atoms with Gasteiger partial charge in [0.25, 0.3) is 0 Å².